The van der Waals surface area contributed by atoms with Gasteiger partial charge in [-0.05, 0) is 43.5 Å². The first-order valence-corrected chi connectivity index (χ1v) is 11.7. The molecule has 1 aliphatic rings. The van der Waals surface area contributed by atoms with Crippen LogP contribution in [0.4, 0.5) is 28.0 Å². The van der Waals surface area contributed by atoms with E-state index in [4.69, 9.17) is 0 Å². The number of halogens is 4. The van der Waals surface area contributed by atoms with E-state index < -0.39 is 30.2 Å². The van der Waals surface area contributed by atoms with Gasteiger partial charge in [-0.1, -0.05) is 12.1 Å². The Balaban J connectivity index is 1.58. The number of carbonyl (C=O) groups excluding carboxylic acids is 3. The fraction of sp³-hybridized carbons (Fsp3) is 0.360. The number of hydrogen-bond donors (Lipinski definition) is 1. The number of alkyl halides is 3. The van der Waals surface area contributed by atoms with E-state index in [1.54, 1.807) is 35.0 Å². The Labute approximate surface area is 209 Å². The third-order valence-corrected chi connectivity index (χ3v) is 6.27. The molecule has 37 heavy (non-hydrogen) atoms. The van der Waals surface area contributed by atoms with Gasteiger partial charge in [0.05, 0.1) is 24.8 Å². The smallest absolute Gasteiger partial charge is 0.341 e. The lowest BCUT2D eigenvalue weighted by molar-refractivity contribution is -0.173. The van der Waals surface area contributed by atoms with Crippen LogP contribution in [-0.2, 0) is 18.4 Å². The van der Waals surface area contributed by atoms with Crippen LogP contribution < -0.4 is 10.2 Å². The van der Waals surface area contributed by atoms with Crippen molar-refractivity contribution in [1.82, 2.24) is 20.0 Å². The number of ketones is 1. The number of aromatic nitrogens is 2. The third kappa shape index (κ3) is 5.89. The third-order valence-electron chi connectivity index (χ3n) is 6.27. The molecule has 0 radical (unpaired) electrons. The Bertz CT molecular complexity index is 1330. The Kier molecular flexibility index (Phi) is 7.46. The summed E-state index contributed by atoms with van der Waals surface area (Å²) in [6.45, 7) is 0.108. The maximum Gasteiger partial charge on any atom is 0.471 e. The minimum atomic E-state index is -5.13. The van der Waals surface area contributed by atoms with Gasteiger partial charge in [-0.25, -0.2) is 9.18 Å². The van der Waals surface area contributed by atoms with Gasteiger partial charge in [-0.3, -0.25) is 19.2 Å². The summed E-state index contributed by atoms with van der Waals surface area (Å²) < 4.78 is 53.8. The Hall–Kier alpha value is -3.96. The average Bonchev–Trinajstić information content (AvgIpc) is 3.25. The number of aryl methyl sites for hydroxylation is 1. The maximum atomic E-state index is 15.1. The number of urea groups is 1. The second kappa shape index (κ2) is 10.6. The van der Waals surface area contributed by atoms with Crippen molar-refractivity contribution in [1.29, 1.82) is 0 Å². The highest BCUT2D eigenvalue weighted by Gasteiger charge is 2.38. The van der Waals surface area contributed by atoms with Crippen molar-refractivity contribution in [2.24, 2.45) is 7.05 Å². The number of Topliss-reactive ketones (excluding diaryl/α,β-unsaturated/α-hetero) is 1. The van der Waals surface area contributed by atoms with Gasteiger partial charge in [0.15, 0.2) is 5.78 Å². The van der Waals surface area contributed by atoms with Gasteiger partial charge in [0.2, 0.25) is 0 Å². The molecule has 1 saturated heterocycles. The second-order valence-electron chi connectivity index (χ2n) is 8.84. The lowest BCUT2D eigenvalue weighted by atomic mass is 10.1. The van der Waals surface area contributed by atoms with Crippen LogP contribution in [0.2, 0.25) is 0 Å². The summed E-state index contributed by atoms with van der Waals surface area (Å²) >= 11 is 0. The van der Waals surface area contributed by atoms with E-state index in [1.807, 2.05) is 6.07 Å². The number of nitrogens with one attached hydrogen (secondary N) is 1. The number of nitrogens with zero attached hydrogens (tertiary/aromatic N) is 4. The number of rotatable bonds is 6. The SMILES string of the molecule is Cn1ncc2ccc(N(Cc3ccc(C(=O)CNC(=O)C(F)(F)F)cc3F)C(=O)N3CCCCC3)cc21. The number of likely N-dealkylation sites (tertiary alicyclic amines) is 1. The molecule has 0 saturated carbocycles. The fourth-order valence-electron chi connectivity index (χ4n) is 4.21. The molecule has 2 heterocycles. The number of anilines is 1. The van der Waals surface area contributed by atoms with Crippen LogP contribution in [0.15, 0.2) is 42.6 Å². The summed E-state index contributed by atoms with van der Waals surface area (Å²) in [5, 5.41) is 6.57. The predicted molar refractivity (Wildman–Crippen MR) is 128 cm³/mol. The van der Waals surface area contributed by atoms with E-state index in [2.05, 4.69) is 5.10 Å². The number of carbonyl (C=O) groups is 3. The van der Waals surface area contributed by atoms with Crippen LogP contribution in [0, 0.1) is 5.82 Å². The van der Waals surface area contributed by atoms with Gasteiger partial charge < -0.3 is 10.2 Å². The lowest BCUT2D eigenvalue weighted by Crippen LogP contribution is -2.45. The molecule has 12 heteroatoms. The molecule has 1 aliphatic heterocycles. The molecule has 1 aromatic heterocycles. The summed E-state index contributed by atoms with van der Waals surface area (Å²) in [5.74, 6) is -3.94. The molecule has 0 bridgehead atoms. The predicted octanol–water partition coefficient (Wildman–Crippen LogP) is 4.19. The van der Waals surface area contributed by atoms with Crippen molar-refractivity contribution < 1.29 is 31.9 Å². The van der Waals surface area contributed by atoms with Gasteiger partial charge in [-0.15, -0.1) is 0 Å². The Morgan fingerprint density at radius 2 is 1.78 bits per heavy atom. The highest BCUT2D eigenvalue weighted by Crippen LogP contribution is 2.26. The van der Waals surface area contributed by atoms with E-state index in [-0.39, 0.29) is 23.7 Å². The molecule has 0 atom stereocenters. The molecule has 2 aromatic carbocycles. The molecule has 0 unspecified atom stereocenters. The first-order chi connectivity index (χ1) is 17.5. The molecular formula is C25H25F4N5O3. The molecule has 1 N–H and O–H groups in total. The molecule has 196 valence electrons. The first-order valence-electron chi connectivity index (χ1n) is 11.7. The molecule has 1 fully saturated rings. The Morgan fingerprint density at radius 1 is 1.05 bits per heavy atom. The van der Waals surface area contributed by atoms with Crippen LogP contribution in [0.25, 0.3) is 10.9 Å². The van der Waals surface area contributed by atoms with Gasteiger partial charge in [0.25, 0.3) is 0 Å². The number of amides is 3. The zero-order chi connectivity index (χ0) is 26.7. The number of hydrogen-bond acceptors (Lipinski definition) is 4. The van der Waals surface area contributed by atoms with E-state index >= 15 is 4.39 Å². The van der Waals surface area contributed by atoms with Crippen LogP contribution in [-0.4, -0.2) is 58.2 Å². The van der Waals surface area contributed by atoms with Crippen LogP contribution >= 0.6 is 0 Å². The van der Waals surface area contributed by atoms with Crippen molar-refractivity contribution in [2.75, 3.05) is 24.5 Å². The van der Waals surface area contributed by atoms with Gasteiger partial charge in [0.1, 0.15) is 5.82 Å². The highest BCUT2D eigenvalue weighted by atomic mass is 19.4. The number of piperidine rings is 1. The van der Waals surface area contributed by atoms with Crippen molar-refractivity contribution in [3.05, 3.63) is 59.5 Å². The molecule has 3 amide bonds. The zero-order valence-corrected chi connectivity index (χ0v) is 20.0. The molecule has 4 rings (SSSR count). The summed E-state index contributed by atoms with van der Waals surface area (Å²) in [5.41, 5.74) is 1.25. The van der Waals surface area contributed by atoms with Gasteiger partial charge in [-0.2, -0.15) is 18.3 Å². The monoisotopic (exact) mass is 519 g/mol. The summed E-state index contributed by atoms with van der Waals surface area (Å²) in [6, 6.07) is 8.55. The van der Waals surface area contributed by atoms with Crippen molar-refractivity contribution in [3.63, 3.8) is 0 Å². The zero-order valence-electron chi connectivity index (χ0n) is 20.0. The minimum Gasteiger partial charge on any atom is -0.341 e. The summed E-state index contributed by atoms with van der Waals surface area (Å²) in [7, 11) is 1.77. The molecule has 0 aliphatic carbocycles. The molecule has 0 spiro atoms. The van der Waals surface area contributed by atoms with E-state index in [1.165, 1.54) is 22.3 Å². The first kappa shape index (κ1) is 26.1. The fourth-order valence-corrected chi connectivity index (χ4v) is 4.21. The normalized spacial score (nSPS) is 14.0. The minimum absolute atomic E-state index is 0.117. The number of fused-ring (bicyclic) bond motifs is 1. The van der Waals surface area contributed by atoms with E-state index in [0.717, 1.165) is 36.2 Å². The Morgan fingerprint density at radius 3 is 2.46 bits per heavy atom. The average molecular weight is 519 g/mol. The van der Waals surface area contributed by atoms with Crippen molar-refractivity contribution in [2.45, 2.75) is 32.0 Å². The van der Waals surface area contributed by atoms with Crippen LogP contribution in [0.5, 0.6) is 0 Å². The summed E-state index contributed by atoms with van der Waals surface area (Å²) in [6.07, 6.45) is -0.661. The van der Waals surface area contributed by atoms with Crippen LogP contribution in [0.1, 0.15) is 35.2 Å². The van der Waals surface area contributed by atoms with Crippen LogP contribution in [0.3, 0.4) is 0 Å². The largest absolute Gasteiger partial charge is 0.471 e. The molecule has 8 nitrogen and oxygen atoms in total. The van der Waals surface area contributed by atoms with Gasteiger partial charge >= 0.3 is 18.1 Å². The van der Waals surface area contributed by atoms with Crippen molar-refractivity contribution in [3.8, 4) is 0 Å². The van der Waals surface area contributed by atoms with Crippen molar-refractivity contribution >= 4 is 34.3 Å². The van der Waals surface area contributed by atoms with Gasteiger partial charge in [0, 0.05) is 42.3 Å². The lowest BCUT2D eigenvalue weighted by Gasteiger charge is -2.33. The maximum absolute atomic E-state index is 15.1. The van der Waals surface area contributed by atoms with E-state index in [9.17, 15) is 27.6 Å². The summed E-state index contributed by atoms with van der Waals surface area (Å²) in [4.78, 5) is 39.8. The standard InChI is InChI=1S/C25H25F4N5O3/c1-32-21-12-19(8-7-17(21)13-31-32)34(24(37)33-9-3-2-4-10-33)15-18-6-5-16(11-20(18)26)22(35)14-30-23(36)25(27,28)29/h5-8,11-13H,2-4,9-10,14-15H2,1H3,(H,30,36). The van der Waals surface area contributed by atoms with E-state index in [0.29, 0.717) is 18.8 Å². The molecule has 3 aromatic rings. The quantitative estimate of drug-likeness (QED) is 0.391. The number of benzene rings is 2. The molecular weight excluding hydrogens is 494 g/mol. The second-order valence-corrected chi connectivity index (χ2v) is 8.84. The topological polar surface area (TPSA) is 87.5 Å². The highest BCUT2D eigenvalue weighted by molar-refractivity contribution is 6.00.